The normalized spacial score (nSPS) is 18.2. The number of hydrogen-bond acceptors (Lipinski definition) is 4. The van der Waals surface area contributed by atoms with Gasteiger partial charge in [0.05, 0.1) is 17.9 Å². The largest absolute Gasteiger partial charge is 0.410 e. The lowest BCUT2D eigenvalue weighted by atomic mass is 9.96. The van der Waals surface area contributed by atoms with Gasteiger partial charge in [0.1, 0.15) is 11.4 Å². The second-order valence-electron chi connectivity index (χ2n) is 7.97. The summed E-state index contributed by atoms with van der Waals surface area (Å²) in [6.07, 6.45) is -1.71. The fourth-order valence-corrected chi connectivity index (χ4v) is 4.23. The highest BCUT2D eigenvalue weighted by Gasteiger charge is 2.47. The van der Waals surface area contributed by atoms with E-state index in [1.807, 2.05) is 13.1 Å². The lowest BCUT2D eigenvalue weighted by Gasteiger charge is -2.34. The van der Waals surface area contributed by atoms with Crippen molar-refractivity contribution in [2.24, 2.45) is 7.05 Å². The number of nitrogens with one attached hydrogen (secondary N) is 1. The number of hydrogen-bond donors (Lipinski definition) is 1. The van der Waals surface area contributed by atoms with E-state index in [1.54, 1.807) is 43.0 Å². The number of amides is 1. The number of rotatable bonds is 4. The Balaban J connectivity index is 1.66. The summed E-state index contributed by atoms with van der Waals surface area (Å²) in [6, 6.07) is 4.64. The SMILES string of the molecule is Cc1nn(C)cc1CN(C)C(=O)c1cnn2c1N[C@H](c1ccc(Br)cc1)C[C@@H]2C(F)(F)F. The Morgan fingerprint density at radius 3 is 2.59 bits per heavy atom. The minimum absolute atomic E-state index is 0.0752. The molecule has 0 spiro atoms. The summed E-state index contributed by atoms with van der Waals surface area (Å²) >= 11 is 3.34. The summed E-state index contributed by atoms with van der Waals surface area (Å²) in [5.41, 5.74) is 2.45. The summed E-state index contributed by atoms with van der Waals surface area (Å²) < 4.78 is 45.0. The van der Waals surface area contributed by atoms with Gasteiger partial charge in [-0.3, -0.25) is 9.48 Å². The number of carbonyl (C=O) groups is 1. The molecule has 3 heterocycles. The van der Waals surface area contributed by atoms with Gasteiger partial charge < -0.3 is 10.2 Å². The van der Waals surface area contributed by atoms with Crippen LogP contribution in [0.2, 0.25) is 0 Å². The third-order valence-corrected chi connectivity index (χ3v) is 6.14. The third kappa shape index (κ3) is 4.25. The number of anilines is 1. The van der Waals surface area contributed by atoms with Crippen LogP contribution in [0.5, 0.6) is 0 Å². The van der Waals surface area contributed by atoms with Crippen LogP contribution < -0.4 is 5.32 Å². The van der Waals surface area contributed by atoms with E-state index in [9.17, 15) is 18.0 Å². The topological polar surface area (TPSA) is 68.0 Å². The van der Waals surface area contributed by atoms with Crippen LogP contribution in [0.1, 0.15) is 45.7 Å². The highest BCUT2D eigenvalue weighted by Crippen LogP contribution is 2.44. The number of alkyl halides is 3. The van der Waals surface area contributed by atoms with Crippen molar-refractivity contribution < 1.29 is 18.0 Å². The third-order valence-electron chi connectivity index (χ3n) is 5.61. The van der Waals surface area contributed by atoms with Crippen molar-refractivity contribution in [1.29, 1.82) is 0 Å². The first kappa shape index (κ1) is 22.4. The van der Waals surface area contributed by atoms with Crippen LogP contribution in [0.15, 0.2) is 41.1 Å². The van der Waals surface area contributed by atoms with E-state index in [0.717, 1.165) is 20.4 Å². The molecule has 1 N–H and O–H groups in total. The van der Waals surface area contributed by atoms with Gasteiger partial charge in [-0.1, -0.05) is 28.1 Å². The number of nitrogens with zero attached hydrogens (tertiary/aromatic N) is 5. The van der Waals surface area contributed by atoms with Gasteiger partial charge in [0, 0.05) is 43.3 Å². The van der Waals surface area contributed by atoms with Gasteiger partial charge in [-0.2, -0.15) is 23.4 Å². The lowest BCUT2D eigenvalue weighted by Crippen LogP contribution is -2.36. The molecule has 0 fully saturated rings. The number of aryl methyl sites for hydroxylation is 2. The van der Waals surface area contributed by atoms with Crippen LogP contribution in [-0.2, 0) is 13.6 Å². The smallest absolute Gasteiger partial charge is 0.363 e. The second-order valence-corrected chi connectivity index (χ2v) is 8.88. The second kappa shape index (κ2) is 8.27. The molecule has 0 radical (unpaired) electrons. The number of aromatic nitrogens is 4. The zero-order valence-corrected chi connectivity index (χ0v) is 19.3. The molecule has 0 unspecified atom stereocenters. The van der Waals surface area contributed by atoms with Crippen molar-refractivity contribution in [2.45, 2.75) is 38.1 Å². The maximum Gasteiger partial charge on any atom is 0.410 e. The van der Waals surface area contributed by atoms with Crippen LogP contribution in [-0.4, -0.2) is 43.6 Å². The average molecular weight is 511 g/mol. The Bertz CT molecular complexity index is 1140. The lowest BCUT2D eigenvalue weighted by molar-refractivity contribution is -0.173. The zero-order valence-electron chi connectivity index (χ0n) is 17.7. The van der Waals surface area contributed by atoms with Crippen LogP contribution in [0, 0.1) is 6.92 Å². The van der Waals surface area contributed by atoms with Crippen LogP contribution >= 0.6 is 15.9 Å². The molecule has 0 saturated carbocycles. The first-order valence-corrected chi connectivity index (χ1v) is 10.7. The Labute approximate surface area is 191 Å². The van der Waals surface area contributed by atoms with Gasteiger partial charge >= 0.3 is 6.18 Å². The van der Waals surface area contributed by atoms with Gasteiger partial charge in [-0.15, -0.1) is 0 Å². The molecule has 1 aliphatic rings. The monoisotopic (exact) mass is 510 g/mol. The van der Waals surface area contributed by atoms with Crippen LogP contribution in [0.25, 0.3) is 0 Å². The molecule has 11 heteroatoms. The van der Waals surface area contributed by atoms with Crippen molar-refractivity contribution >= 4 is 27.7 Å². The molecule has 4 rings (SSSR count). The number of carbonyl (C=O) groups excluding carboxylic acids is 1. The molecule has 170 valence electrons. The number of fused-ring (bicyclic) bond motifs is 1. The molecule has 32 heavy (non-hydrogen) atoms. The van der Waals surface area contributed by atoms with E-state index in [-0.39, 0.29) is 24.3 Å². The Morgan fingerprint density at radius 2 is 2.00 bits per heavy atom. The highest BCUT2D eigenvalue weighted by atomic mass is 79.9. The molecule has 0 bridgehead atoms. The molecule has 0 saturated heterocycles. The number of benzene rings is 1. The molecule has 1 amide bonds. The summed E-state index contributed by atoms with van der Waals surface area (Å²) in [6.45, 7) is 2.12. The Morgan fingerprint density at radius 1 is 1.31 bits per heavy atom. The fraction of sp³-hybridized carbons (Fsp3) is 0.381. The molecule has 0 aliphatic carbocycles. The fourth-order valence-electron chi connectivity index (χ4n) is 3.97. The minimum atomic E-state index is -4.50. The predicted octanol–water partition coefficient (Wildman–Crippen LogP) is 4.62. The first-order chi connectivity index (χ1) is 15.0. The molecule has 2 atom stereocenters. The standard InChI is InChI=1S/C21H22BrF3N6O/c1-12-14(11-30(3)28-12)10-29(2)20(32)16-9-26-31-18(21(23,24)25)8-17(27-19(16)31)13-4-6-15(22)7-5-13/h4-7,9,11,17-18,27H,8,10H2,1-3H3/t17-,18+/m0/s1. The van der Waals surface area contributed by atoms with E-state index in [2.05, 4.69) is 31.4 Å². The van der Waals surface area contributed by atoms with Gasteiger partial charge in [0.15, 0.2) is 6.04 Å². The highest BCUT2D eigenvalue weighted by molar-refractivity contribution is 9.10. The molecular weight excluding hydrogens is 489 g/mol. The summed E-state index contributed by atoms with van der Waals surface area (Å²) in [5, 5.41) is 11.3. The molecular formula is C21H22BrF3N6O. The van der Waals surface area contributed by atoms with E-state index in [0.29, 0.717) is 5.56 Å². The minimum Gasteiger partial charge on any atom is -0.363 e. The van der Waals surface area contributed by atoms with Crippen LogP contribution in [0.4, 0.5) is 19.0 Å². The van der Waals surface area contributed by atoms with Gasteiger partial charge in [0.2, 0.25) is 0 Å². The van der Waals surface area contributed by atoms with Crippen molar-refractivity contribution in [1.82, 2.24) is 24.5 Å². The predicted molar refractivity (Wildman–Crippen MR) is 116 cm³/mol. The Kier molecular flexibility index (Phi) is 5.78. The molecule has 1 aliphatic heterocycles. The molecule has 2 aromatic heterocycles. The van der Waals surface area contributed by atoms with Gasteiger partial charge in [0.25, 0.3) is 5.91 Å². The average Bonchev–Trinajstić information content (AvgIpc) is 3.28. The quantitative estimate of drug-likeness (QED) is 0.556. The first-order valence-electron chi connectivity index (χ1n) is 9.95. The molecule has 3 aromatic rings. The van der Waals surface area contributed by atoms with Crippen molar-refractivity contribution in [3.8, 4) is 0 Å². The maximum atomic E-state index is 13.9. The van der Waals surface area contributed by atoms with E-state index in [4.69, 9.17) is 0 Å². The van der Waals surface area contributed by atoms with E-state index >= 15 is 0 Å². The van der Waals surface area contributed by atoms with Gasteiger partial charge in [-0.25, -0.2) is 4.68 Å². The summed E-state index contributed by atoms with van der Waals surface area (Å²) in [7, 11) is 3.39. The van der Waals surface area contributed by atoms with Crippen molar-refractivity contribution in [2.75, 3.05) is 12.4 Å². The van der Waals surface area contributed by atoms with E-state index in [1.165, 1.54) is 11.1 Å². The maximum absolute atomic E-state index is 13.9. The van der Waals surface area contributed by atoms with Crippen molar-refractivity contribution in [3.63, 3.8) is 0 Å². The van der Waals surface area contributed by atoms with Crippen LogP contribution in [0.3, 0.4) is 0 Å². The summed E-state index contributed by atoms with van der Waals surface area (Å²) in [5.74, 6) is -0.342. The van der Waals surface area contributed by atoms with Crippen molar-refractivity contribution in [3.05, 3.63) is 63.5 Å². The molecule has 1 aromatic carbocycles. The number of halogens is 4. The summed E-state index contributed by atoms with van der Waals surface area (Å²) in [4.78, 5) is 14.6. The van der Waals surface area contributed by atoms with E-state index < -0.39 is 24.2 Å². The molecule has 7 nitrogen and oxygen atoms in total. The zero-order chi connectivity index (χ0) is 23.2. The Hall–Kier alpha value is -2.82. The van der Waals surface area contributed by atoms with Gasteiger partial charge in [-0.05, 0) is 24.6 Å².